The molecule has 1 aromatic heterocycles. The third-order valence-electron chi connectivity index (χ3n) is 5.69. The first-order valence-corrected chi connectivity index (χ1v) is 9.89. The molecule has 1 fully saturated rings. The van der Waals surface area contributed by atoms with Crippen LogP contribution in [0.3, 0.4) is 0 Å². The maximum absolute atomic E-state index is 13.0. The van der Waals surface area contributed by atoms with Gasteiger partial charge in [-0.15, -0.1) is 0 Å². The van der Waals surface area contributed by atoms with Crippen LogP contribution in [-0.2, 0) is 6.54 Å². The molecule has 1 saturated heterocycles. The summed E-state index contributed by atoms with van der Waals surface area (Å²) in [5, 5.41) is 20.1. The Bertz CT molecular complexity index is 1030. The van der Waals surface area contributed by atoms with E-state index in [4.69, 9.17) is 5.73 Å². The van der Waals surface area contributed by atoms with E-state index in [9.17, 15) is 14.8 Å². The molecule has 4 rings (SSSR count). The van der Waals surface area contributed by atoms with Crippen LogP contribution in [0.5, 0.6) is 0 Å². The van der Waals surface area contributed by atoms with Crippen LogP contribution < -0.4 is 11.3 Å². The summed E-state index contributed by atoms with van der Waals surface area (Å²) in [6, 6.07) is 15.5. The highest BCUT2D eigenvalue weighted by atomic mass is 16.4. The highest BCUT2D eigenvalue weighted by Crippen LogP contribution is 2.29. The third-order valence-corrected chi connectivity index (χ3v) is 5.69. The second-order valence-electron chi connectivity index (χ2n) is 7.56. The minimum absolute atomic E-state index is 0.0207. The topological polar surface area (TPSA) is 99.7 Å². The van der Waals surface area contributed by atoms with E-state index in [2.05, 4.69) is 23.2 Å². The Morgan fingerprint density at radius 3 is 2.62 bits per heavy atom. The van der Waals surface area contributed by atoms with Crippen LogP contribution in [-0.4, -0.2) is 46.0 Å². The van der Waals surface area contributed by atoms with E-state index in [1.807, 2.05) is 23.1 Å². The van der Waals surface area contributed by atoms with Crippen LogP contribution in [0.2, 0.25) is 0 Å². The lowest BCUT2D eigenvalue weighted by atomic mass is 9.85. The fourth-order valence-corrected chi connectivity index (χ4v) is 4.01. The zero-order valence-corrected chi connectivity index (χ0v) is 16.2. The minimum atomic E-state index is -1.60. The van der Waals surface area contributed by atoms with Gasteiger partial charge in [0.05, 0.1) is 5.59 Å². The number of carbonyl (C=O) groups is 1. The van der Waals surface area contributed by atoms with Gasteiger partial charge in [0, 0.05) is 36.8 Å². The maximum atomic E-state index is 13.0. The SMILES string of the molecule is NCc1cccc(C2CCN(C(=O)c3ccc4cc(B(O)O)ncc4c3)CC2)c1. The van der Waals surface area contributed by atoms with Crippen molar-refractivity contribution in [1.29, 1.82) is 0 Å². The molecular formula is C22H24BN3O3. The van der Waals surface area contributed by atoms with Crippen molar-refractivity contribution in [3.63, 3.8) is 0 Å². The van der Waals surface area contributed by atoms with E-state index in [1.54, 1.807) is 18.3 Å². The number of rotatable bonds is 4. The molecule has 6 nitrogen and oxygen atoms in total. The van der Waals surface area contributed by atoms with Crippen LogP contribution in [0.4, 0.5) is 0 Å². The summed E-state index contributed by atoms with van der Waals surface area (Å²) in [5.74, 6) is 0.474. The molecular weight excluding hydrogens is 365 g/mol. The molecule has 148 valence electrons. The van der Waals surface area contributed by atoms with Gasteiger partial charge in [-0.1, -0.05) is 30.3 Å². The van der Waals surface area contributed by atoms with Gasteiger partial charge in [0.15, 0.2) is 0 Å². The summed E-state index contributed by atoms with van der Waals surface area (Å²) >= 11 is 0. The van der Waals surface area contributed by atoms with Gasteiger partial charge < -0.3 is 20.7 Å². The van der Waals surface area contributed by atoms with Gasteiger partial charge in [0.1, 0.15) is 0 Å². The second-order valence-corrected chi connectivity index (χ2v) is 7.56. The summed E-state index contributed by atoms with van der Waals surface area (Å²) in [7, 11) is -1.60. The number of nitrogens with zero attached hydrogens (tertiary/aromatic N) is 2. The van der Waals surface area contributed by atoms with E-state index in [0.717, 1.165) is 42.3 Å². The Labute approximate surface area is 170 Å². The number of hydrogen-bond acceptors (Lipinski definition) is 5. The van der Waals surface area contributed by atoms with Crippen LogP contribution in [0.15, 0.2) is 54.7 Å². The van der Waals surface area contributed by atoms with Crippen molar-refractivity contribution in [2.45, 2.75) is 25.3 Å². The Hall–Kier alpha value is -2.74. The highest BCUT2D eigenvalue weighted by molar-refractivity contribution is 6.57. The predicted octanol–water partition coefficient (Wildman–Crippen LogP) is 1.39. The van der Waals surface area contributed by atoms with Gasteiger partial charge in [0.2, 0.25) is 0 Å². The van der Waals surface area contributed by atoms with Crippen LogP contribution >= 0.6 is 0 Å². The van der Waals surface area contributed by atoms with Gasteiger partial charge in [0.25, 0.3) is 5.91 Å². The molecule has 2 heterocycles. The standard InChI is InChI=1S/C22H24BN3O3/c24-13-15-2-1-3-17(10-15)16-6-8-26(9-7-16)22(27)19-5-4-18-12-21(23(28)29)25-14-20(18)11-19/h1-5,10-12,14,16,28-29H,6-9,13,24H2. The van der Waals surface area contributed by atoms with Gasteiger partial charge in [-0.05, 0) is 53.5 Å². The number of nitrogens with two attached hydrogens (primary N) is 1. The number of piperidine rings is 1. The zero-order chi connectivity index (χ0) is 20.4. The second kappa shape index (κ2) is 8.33. The van der Waals surface area contributed by atoms with Gasteiger partial charge >= 0.3 is 7.12 Å². The number of likely N-dealkylation sites (tertiary alicyclic amines) is 1. The number of pyridine rings is 1. The summed E-state index contributed by atoms with van der Waals surface area (Å²) in [6.45, 7) is 1.99. The first-order valence-electron chi connectivity index (χ1n) is 9.89. The summed E-state index contributed by atoms with van der Waals surface area (Å²) in [4.78, 5) is 18.9. The lowest BCUT2D eigenvalue weighted by Gasteiger charge is -2.32. The normalized spacial score (nSPS) is 14.9. The molecule has 0 unspecified atom stereocenters. The van der Waals surface area contributed by atoms with Crippen LogP contribution in [0, 0.1) is 0 Å². The van der Waals surface area contributed by atoms with Gasteiger partial charge in [-0.25, -0.2) is 0 Å². The van der Waals surface area contributed by atoms with Gasteiger partial charge in [-0.3, -0.25) is 9.78 Å². The summed E-state index contributed by atoms with van der Waals surface area (Å²) in [5.41, 5.74) is 9.02. The largest absolute Gasteiger partial charge is 0.508 e. The van der Waals surface area contributed by atoms with Crippen molar-refractivity contribution >= 4 is 29.4 Å². The molecule has 4 N–H and O–H groups in total. The fourth-order valence-electron chi connectivity index (χ4n) is 4.01. The average molecular weight is 389 g/mol. The molecule has 1 aliphatic rings. The quantitative estimate of drug-likeness (QED) is 0.586. The lowest BCUT2D eigenvalue weighted by molar-refractivity contribution is 0.0713. The van der Waals surface area contributed by atoms with Crippen molar-refractivity contribution in [3.8, 4) is 0 Å². The Morgan fingerprint density at radius 1 is 1.10 bits per heavy atom. The smallest absolute Gasteiger partial charge is 0.422 e. The Balaban J connectivity index is 1.45. The molecule has 1 aliphatic heterocycles. The summed E-state index contributed by atoms with van der Waals surface area (Å²) in [6.07, 6.45) is 3.44. The molecule has 7 heteroatoms. The Kier molecular flexibility index (Phi) is 5.62. The van der Waals surface area contributed by atoms with E-state index in [-0.39, 0.29) is 11.5 Å². The maximum Gasteiger partial charge on any atom is 0.508 e. The van der Waals surface area contributed by atoms with Crippen molar-refractivity contribution in [2.75, 3.05) is 13.1 Å². The first-order chi connectivity index (χ1) is 14.0. The van der Waals surface area contributed by atoms with Crippen molar-refractivity contribution in [3.05, 3.63) is 71.4 Å². The molecule has 0 radical (unpaired) electrons. The van der Waals surface area contributed by atoms with E-state index >= 15 is 0 Å². The molecule has 0 aliphatic carbocycles. The first kappa shape index (κ1) is 19.6. The van der Waals surface area contributed by atoms with Crippen molar-refractivity contribution in [2.24, 2.45) is 5.73 Å². The van der Waals surface area contributed by atoms with Gasteiger partial charge in [-0.2, -0.15) is 0 Å². The van der Waals surface area contributed by atoms with E-state index in [0.29, 0.717) is 18.0 Å². The zero-order valence-electron chi connectivity index (χ0n) is 16.2. The van der Waals surface area contributed by atoms with Crippen LogP contribution in [0.1, 0.15) is 40.2 Å². The molecule has 1 amide bonds. The number of benzene rings is 2. The molecule has 0 saturated carbocycles. The average Bonchev–Trinajstić information content (AvgIpc) is 2.78. The highest BCUT2D eigenvalue weighted by Gasteiger charge is 2.25. The predicted molar refractivity (Wildman–Crippen MR) is 114 cm³/mol. The number of carbonyl (C=O) groups excluding carboxylic acids is 1. The molecule has 3 aromatic rings. The third kappa shape index (κ3) is 4.17. The summed E-state index contributed by atoms with van der Waals surface area (Å²) < 4.78 is 0. The van der Waals surface area contributed by atoms with Crippen molar-refractivity contribution < 1.29 is 14.8 Å². The molecule has 29 heavy (non-hydrogen) atoms. The number of aromatic nitrogens is 1. The lowest BCUT2D eigenvalue weighted by Crippen LogP contribution is -2.38. The monoisotopic (exact) mass is 389 g/mol. The minimum Gasteiger partial charge on any atom is -0.422 e. The number of fused-ring (bicyclic) bond motifs is 1. The number of amides is 1. The molecule has 0 atom stereocenters. The molecule has 0 bridgehead atoms. The van der Waals surface area contributed by atoms with Crippen LogP contribution in [0.25, 0.3) is 10.8 Å². The van der Waals surface area contributed by atoms with E-state index in [1.165, 1.54) is 5.56 Å². The van der Waals surface area contributed by atoms with E-state index < -0.39 is 7.12 Å². The molecule has 0 spiro atoms. The fraction of sp³-hybridized carbons (Fsp3) is 0.273. The number of hydrogen-bond donors (Lipinski definition) is 3. The van der Waals surface area contributed by atoms with Crippen molar-refractivity contribution in [1.82, 2.24) is 9.88 Å². The Morgan fingerprint density at radius 2 is 1.90 bits per heavy atom. The molecule has 2 aromatic carbocycles.